The van der Waals surface area contributed by atoms with Gasteiger partial charge >= 0.3 is 5.97 Å². The maximum absolute atomic E-state index is 12.4. The van der Waals surface area contributed by atoms with Crippen molar-refractivity contribution < 1.29 is 19.2 Å². The molecular formula is C23H15ClN2O5. The molecule has 0 heterocycles. The highest BCUT2D eigenvalue weighted by atomic mass is 35.5. The van der Waals surface area contributed by atoms with Gasteiger partial charge < -0.3 is 9.47 Å². The monoisotopic (exact) mass is 434 g/mol. The summed E-state index contributed by atoms with van der Waals surface area (Å²) in [5.74, 6) is -0.365. The Morgan fingerprint density at radius 1 is 1.06 bits per heavy atom. The zero-order valence-electron chi connectivity index (χ0n) is 16.2. The second-order valence-electron chi connectivity index (χ2n) is 6.29. The zero-order valence-corrected chi connectivity index (χ0v) is 17.0. The van der Waals surface area contributed by atoms with Crippen LogP contribution >= 0.6 is 11.6 Å². The molecule has 0 bridgehead atoms. The first-order valence-electron chi connectivity index (χ1n) is 8.93. The summed E-state index contributed by atoms with van der Waals surface area (Å²) in [4.78, 5) is 22.7. The summed E-state index contributed by atoms with van der Waals surface area (Å²) >= 11 is 6.00. The minimum Gasteiger partial charge on any atom is -0.493 e. The van der Waals surface area contributed by atoms with Crippen LogP contribution in [0.2, 0.25) is 5.02 Å². The molecule has 0 aromatic heterocycles. The largest absolute Gasteiger partial charge is 0.493 e. The van der Waals surface area contributed by atoms with E-state index in [4.69, 9.17) is 21.1 Å². The van der Waals surface area contributed by atoms with Gasteiger partial charge in [-0.3, -0.25) is 10.1 Å². The fraction of sp³-hybridized carbons (Fsp3) is 0.0435. The fourth-order valence-electron chi connectivity index (χ4n) is 2.77. The first-order chi connectivity index (χ1) is 14.9. The van der Waals surface area contributed by atoms with E-state index in [2.05, 4.69) is 6.07 Å². The van der Waals surface area contributed by atoms with Crippen molar-refractivity contribution >= 4 is 34.9 Å². The Morgan fingerprint density at radius 2 is 1.81 bits per heavy atom. The van der Waals surface area contributed by atoms with Crippen LogP contribution in [0.15, 0.2) is 66.7 Å². The first-order valence-corrected chi connectivity index (χ1v) is 9.31. The Kier molecular flexibility index (Phi) is 6.65. The van der Waals surface area contributed by atoms with Gasteiger partial charge in [0, 0.05) is 17.2 Å². The molecule has 3 aromatic carbocycles. The molecule has 0 saturated carbocycles. The molecular weight excluding hydrogens is 420 g/mol. The Balaban J connectivity index is 1.88. The van der Waals surface area contributed by atoms with E-state index < -0.39 is 10.9 Å². The SMILES string of the molecule is COc1cc(/C=C(/C#N)c2cccc(Cl)c2)ccc1OC(=O)c1cccc([N+](=O)[O-])c1. The maximum atomic E-state index is 12.4. The number of allylic oxidation sites excluding steroid dienone is 1. The van der Waals surface area contributed by atoms with Crippen molar-refractivity contribution in [3.05, 3.63) is 98.6 Å². The number of benzene rings is 3. The van der Waals surface area contributed by atoms with Gasteiger partial charge in [-0.05, 0) is 47.5 Å². The van der Waals surface area contributed by atoms with E-state index in [-0.39, 0.29) is 22.7 Å². The van der Waals surface area contributed by atoms with Gasteiger partial charge in [0.25, 0.3) is 5.69 Å². The molecule has 0 radical (unpaired) electrons. The normalized spacial score (nSPS) is 10.8. The minimum absolute atomic E-state index is 0.0351. The zero-order chi connectivity index (χ0) is 22.4. The summed E-state index contributed by atoms with van der Waals surface area (Å²) in [5.41, 5.74) is 1.52. The second-order valence-corrected chi connectivity index (χ2v) is 6.72. The van der Waals surface area contributed by atoms with Crippen LogP contribution in [0, 0.1) is 21.4 Å². The van der Waals surface area contributed by atoms with Crippen LogP contribution in [0.3, 0.4) is 0 Å². The molecule has 7 nitrogen and oxygen atoms in total. The average molecular weight is 435 g/mol. The van der Waals surface area contributed by atoms with Crippen molar-refractivity contribution in [2.24, 2.45) is 0 Å². The van der Waals surface area contributed by atoms with E-state index in [0.717, 1.165) is 6.07 Å². The van der Waals surface area contributed by atoms with Gasteiger partial charge in [-0.2, -0.15) is 5.26 Å². The van der Waals surface area contributed by atoms with Crippen LogP contribution in [-0.2, 0) is 0 Å². The summed E-state index contributed by atoms with van der Waals surface area (Å²) < 4.78 is 10.7. The molecule has 0 unspecified atom stereocenters. The highest BCUT2D eigenvalue weighted by Gasteiger charge is 2.16. The van der Waals surface area contributed by atoms with Crippen molar-refractivity contribution in [2.75, 3.05) is 7.11 Å². The third-order valence-electron chi connectivity index (χ3n) is 4.25. The number of hydrogen-bond donors (Lipinski definition) is 0. The number of carbonyl (C=O) groups excluding carboxylic acids is 1. The van der Waals surface area contributed by atoms with Gasteiger partial charge in [0.1, 0.15) is 0 Å². The topological polar surface area (TPSA) is 102 Å². The minimum atomic E-state index is -0.762. The molecule has 31 heavy (non-hydrogen) atoms. The Morgan fingerprint density at radius 3 is 2.48 bits per heavy atom. The molecule has 8 heteroatoms. The number of nitrogens with zero attached hydrogens (tertiary/aromatic N) is 2. The average Bonchev–Trinajstić information content (AvgIpc) is 2.78. The molecule has 0 aliphatic carbocycles. The molecule has 0 fully saturated rings. The number of nitriles is 1. The van der Waals surface area contributed by atoms with Crippen molar-refractivity contribution in [2.45, 2.75) is 0 Å². The van der Waals surface area contributed by atoms with Crippen LogP contribution < -0.4 is 9.47 Å². The molecule has 3 rings (SSSR count). The van der Waals surface area contributed by atoms with Crippen molar-refractivity contribution in [1.29, 1.82) is 5.26 Å². The van der Waals surface area contributed by atoms with Crippen LogP contribution in [0.5, 0.6) is 11.5 Å². The van der Waals surface area contributed by atoms with Crippen LogP contribution in [0.25, 0.3) is 11.6 Å². The number of carbonyl (C=O) groups is 1. The second kappa shape index (κ2) is 9.57. The van der Waals surface area contributed by atoms with E-state index in [9.17, 15) is 20.2 Å². The molecule has 0 spiro atoms. The third kappa shape index (κ3) is 5.26. The number of rotatable bonds is 6. The standard InChI is InChI=1S/C23H15ClN2O5/c1-30-22-11-15(10-18(14-25)16-4-2-6-19(24)12-16)8-9-21(22)31-23(27)17-5-3-7-20(13-17)26(28)29/h2-13H,1H3/b18-10-. The van der Waals surface area contributed by atoms with Gasteiger partial charge in [-0.15, -0.1) is 0 Å². The molecule has 0 amide bonds. The van der Waals surface area contributed by atoms with Crippen LogP contribution in [0.4, 0.5) is 5.69 Å². The molecule has 3 aromatic rings. The molecule has 0 aliphatic heterocycles. The highest BCUT2D eigenvalue weighted by molar-refractivity contribution is 6.30. The number of hydrogen-bond acceptors (Lipinski definition) is 6. The predicted molar refractivity (Wildman–Crippen MR) is 116 cm³/mol. The summed E-state index contributed by atoms with van der Waals surface area (Å²) in [6, 6.07) is 19.1. The van der Waals surface area contributed by atoms with Crippen LogP contribution in [0.1, 0.15) is 21.5 Å². The van der Waals surface area contributed by atoms with E-state index >= 15 is 0 Å². The summed E-state index contributed by atoms with van der Waals surface area (Å²) in [5, 5.41) is 20.9. The molecule has 154 valence electrons. The number of nitro benzene ring substituents is 1. The Hall–Kier alpha value is -4.15. The van der Waals surface area contributed by atoms with Gasteiger partial charge in [0.2, 0.25) is 0 Å². The first kappa shape index (κ1) is 21.6. The van der Waals surface area contributed by atoms with E-state index in [1.807, 2.05) is 0 Å². The van der Waals surface area contributed by atoms with E-state index in [1.54, 1.807) is 42.5 Å². The predicted octanol–water partition coefficient (Wildman–Crippen LogP) is 5.54. The van der Waals surface area contributed by atoms with E-state index in [0.29, 0.717) is 21.7 Å². The lowest BCUT2D eigenvalue weighted by Crippen LogP contribution is -2.09. The number of nitro groups is 1. The summed E-state index contributed by atoms with van der Waals surface area (Å²) in [6.45, 7) is 0. The number of halogens is 1. The lowest BCUT2D eigenvalue weighted by molar-refractivity contribution is -0.384. The number of methoxy groups -OCH3 is 1. The maximum Gasteiger partial charge on any atom is 0.343 e. The third-order valence-corrected chi connectivity index (χ3v) is 4.49. The number of esters is 1. The van der Waals surface area contributed by atoms with Gasteiger partial charge in [0.05, 0.1) is 29.2 Å². The van der Waals surface area contributed by atoms with Crippen molar-refractivity contribution in [1.82, 2.24) is 0 Å². The van der Waals surface area contributed by atoms with Crippen molar-refractivity contribution in [3.63, 3.8) is 0 Å². The van der Waals surface area contributed by atoms with Gasteiger partial charge in [-0.1, -0.05) is 35.9 Å². The van der Waals surface area contributed by atoms with Crippen molar-refractivity contribution in [3.8, 4) is 17.6 Å². The summed E-state index contributed by atoms with van der Waals surface area (Å²) in [7, 11) is 1.41. The van der Waals surface area contributed by atoms with E-state index in [1.165, 1.54) is 31.4 Å². The van der Waals surface area contributed by atoms with Gasteiger partial charge in [0.15, 0.2) is 11.5 Å². The summed E-state index contributed by atoms with van der Waals surface area (Å²) in [6.07, 6.45) is 1.65. The molecule has 0 atom stereocenters. The molecule has 0 aliphatic rings. The lowest BCUT2D eigenvalue weighted by Gasteiger charge is -2.10. The Labute approximate surface area is 182 Å². The Bertz CT molecular complexity index is 1230. The highest BCUT2D eigenvalue weighted by Crippen LogP contribution is 2.31. The quantitative estimate of drug-likeness (QED) is 0.126. The van der Waals surface area contributed by atoms with Crippen LogP contribution in [-0.4, -0.2) is 18.0 Å². The smallest absolute Gasteiger partial charge is 0.343 e. The fourth-order valence-corrected chi connectivity index (χ4v) is 2.96. The van der Waals surface area contributed by atoms with Gasteiger partial charge in [-0.25, -0.2) is 4.79 Å². The number of non-ortho nitro benzene ring substituents is 1. The number of ether oxygens (including phenoxy) is 2. The molecule has 0 N–H and O–H groups in total. The lowest BCUT2D eigenvalue weighted by atomic mass is 10.0. The molecule has 0 saturated heterocycles.